The molecule has 0 aromatic carbocycles. The van der Waals surface area contributed by atoms with E-state index in [9.17, 15) is 8.42 Å². The third kappa shape index (κ3) is 3.49. The van der Waals surface area contributed by atoms with Crippen LogP contribution >= 0.6 is 0 Å². The topological polar surface area (TPSA) is 62.3 Å². The molecule has 1 fully saturated rings. The van der Waals surface area contributed by atoms with E-state index in [0.29, 0.717) is 31.4 Å². The molecule has 1 aromatic heterocycles. The van der Waals surface area contributed by atoms with E-state index in [4.69, 9.17) is 0 Å². The summed E-state index contributed by atoms with van der Waals surface area (Å²) in [5.41, 5.74) is 0. The van der Waals surface area contributed by atoms with Gasteiger partial charge in [-0.1, -0.05) is 13.8 Å². The Labute approximate surface area is 121 Å². The molecule has 1 aliphatic rings. The number of pyridine rings is 1. The quantitative estimate of drug-likeness (QED) is 0.800. The van der Waals surface area contributed by atoms with Crippen LogP contribution in [0.4, 0.5) is 5.82 Å². The van der Waals surface area contributed by atoms with E-state index in [-0.39, 0.29) is 4.90 Å². The molecule has 0 atom stereocenters. The van der Waals surface area contributed by atoms with E-state index in [1.54, 1.807) is 22.6 Å². The molecule has 0 unspecified atom stereocenters. The molecule has 0 radical (unpaired) electrons. The summed E-state index contributed by atoms with van der Waals surface area (Å²) in [6, 6.07) is 3.31. The van der Waals surface area contributed by atoms with E-state index in [1.807, 2.05) is 13.8 Å². The minimum absolute atomic E-state index is 0.288. The Morgan fingerprint density at radius 1 is 1.40 bits per heavy atom. The standard InChI is InChI=1S/C14H23N3O2S/c1-3-9-15-14-13(6-5-10-16-14)20(18,19)17(4-2)11-12-7-8-12/h5-6,10,12H,3-4,7-9,11H2,1-2H3,(H,15,16). The first-order valence-electron chi connectivity index (χ1n) is 7.28. The third-order valence-corrected chi connectivity index (χ3v) is 5.41. The average Bonchev–Trinajstić information content (AvgIpc) is 3.26. The second-order valence-electron chi connectivity index (χ2n) is 5.18. The van der Waals surface area contributed by atoms with Crippen LogP contribution in [0.1, 0.15) is 33.1 Å². The zero-order chi connectivity index (χ0) is 14.6. The van der Waals surface area contributed by atoms with Crippen LogP contribution in [-0.4, -0.2) is 37.3 Å². The van der Waals surface area contributed by atoms with Crippen LogP contribution < -0.4 is 5.32 Å². The molecule has 5 nitrogen and oxygen atoms in total. The highest BCUT2D eigenvalue weighted by molar-refractivity contribution is 7.89. The molecule has 1 N–H and O–H groups in total. The lowest BCUT2D eigenvalue weighted by atomic mass is 10.4. The summed E-state index contributed by atoms with van der Waals surface area (Å²) in [5.74, 6) is 0.997. The number of anilines is 1. The van der Waals surface area contributed by atoms with Gasteiger partial charge in [0.25, 0.3) is 0 Å². The Bertz CT molecular complexity index is 541. The zero-order valence-corrected chi connectivity index (χ0v) is 13.0. The molecule has 20 heavy (non-hydrogen) atoms. The van der Waals surface area contributed by atoms with Crippen LogP contribution in [0, 0.1) is 5.92 Å². The van der Waals surface area contributed by atoms with E-state index in [1.165, 1.54) is 0 Å². The van der Waals surface area contributed by atoms with Gasteiger partial charge in [-0.2, -0.15) is 4.31 Å². The van der Waals surface area contributed by atoms with Crippen LogP contribution in [-0.2, 0) is 10.0 Å². The first-order chi connectivity index (χ1) is 9.59. The monoisotopic (exact) mass is 297 g/mol. The summed E-state index contributed by atoms with van der Waals surface area (Å²) in [6.07, 6.45) is 4.82. The van der Waals surface area contributed by atoms with Crippen molar-refractivity contribution >= 4 is 15.8 Å². The van der Waals surface area contributed by atoms with Crippen molar-refractivity contribution in [3.8, 4) is 0 Å². The number of sulfonamides is 1. The van der Waals surface area contributed by atoms with Crippen molar-refractivity contribution in [2.75, 3.05) is 25.0 Å². The normalized spacial score (nSPS) is 15.6. The van der Waals surface area contributed by atoms with Crippen LogP contribution in [0.25, 0.3) is 0 Å². The molecule has 1 aliphatic carbocycles. The van der Waals surface area contributed by atoms with Crippen molar-refractivity contribution in [2.24, 2.45) is 5.92 Å². The van der Waals surface area contributed by atoms with Crippen LogP contribution in [0.15, 0.2) is 23.2 Å². The van der Waals surface area contributed by atoms with Crippen molar-refractivity contribution < 1.29 is 8.42 Å². The number of hydrogen-bond donors (Lipinski definition) is 1. The van der Waals surface area contributed by atoms with Crippen LogP contribution in [0.2, 0.25) is 0 Å². The Morgan fingerprint density at radius 2 is 2.15 bits per heavy atom. The summed E-state index contributed by atoms with van der Waals surface area (Å²) in [4.78, 5) is 4.46. The highest BCUT2D eigenvalue weighted by Gasteiger charge is 2.32. The van der Waals surface area contributed by atoms with Crippen molar-refractivity contribution in [3.05, 3.63) is 18.3 Å². The molecular weight excluding hydrogens is 274 g/mol. The molecule has 0 spiro atoms. The fourth-order valence-electron chi connectivity index (χ4n) is 2.10. The lowest BCUT2D eigenvalue weighted by Gasteiger charge is -2.21. The van der Waals surface area contributed by atoms with E-state index < -0.39 is 10.0 Å². The number of nitrogens with zero attached hydrogens (tertiary/aromatic N) is 2. The average molecular weight is 297 g/mol. The van der Waals surface area contributed by atoms with Gasteiger partial charge in [-0.3, -0.25) is 0 Å². The number of nitrogens with one attached hydrogen (secondary N) is 1. The van der Waals surface area contributed by atoms with Gasteiger partial charge in [-0.15, -0.1) is 0 Å². The van der Waals surface area contributed by atoms with Crippen LogP contribution in [0.3, 0.4) is 0 Å². The Morgan fingerprint density at radius 3 is 2.75 bits per heavy atom. The fraction of sp³-hybridized carbons (Fsp3) is 0.643. The van der Waals surface area contributed by atoms with E-state index >= 15 is 0 Å². The predicted molar refractivity (Wildman–Crippen MR) is 80.2 cm³/mol. The highest BCUT2D eigenvalue weighted by Crippen LogP contribution is 2.32. The molecule has 1 aromatic rings. The summed E-state index contributed by atoms with van der Waals surface area (Å²) < 4.78 is 27.1. The van der Waals surface area contributed by atoms with Crippen molar-refractivity contribution in [1.82, 2.24) is 9.29 Å². The Balaban J connectivity index is 2.26. The minimum Gasteiger partial charge on any atom is -0.369 e. The van der Waals surface area contributed by atoms with Gasteiger partial charge in [0.05, 0.1) is 0 Å². The Kier molecular flexibility index (Phi) is 4.99. The molecule has 6 heteroatoms. The molecule has 0 saturated heterocycles. The largest absolute Gasteiger partial charge is 0.369 e. The first-order valence-corrected chi connectivity index (χ1v) is 8.72. The number of aromatic nitrogens is 1. The maximum Gasteiger partial charge on any atom is 0.246 e. The molecule has 0 bridgehead atoms. The highest BCUT2D eigenvalue weighted by atomic mass is 32.2. The summed E-state index contributed by atoms with van der Waals surface area (Å²) >= 11 is 0. The van der Waals surface area contributed by atoms with Gasteiger partial charge in [0.15, 0.2) is 0 Å². The van der Waals surface area contributed by atoms with Gasteiger partial charge in [0, 0.05) is 25.8 Å². The van der Waals surface area contributed by atoms with Gasteiger partial charge in [-0.25, -0.2) is 13.4 Å². The van der Waals surface area contributed by atoms with E-state index in [0.717, 1.165) is 19.3 Å². The second-order valence-corrected chi connectivity index (χ2v) is 7.08. The third-order valence-electron chi connectivity index (χ3n) is 3.44. The molecule has 112 valence electrons. The van der Waals surface area contributed by atoms with Gasteiger partial charge in [0.1, 0.15) is 10.7 Å². The Hall–Kier alpha value is -1.14. The van der Waals surface area contributed by atoms with Gasteiger partial charge < -0.3 is 5.32 Å². The van der Waals surface area contributed by atoms with Crippen LogP contribution in [0.5, 0.6) is 0 Å². The summed E-state index contributed by atoms with van der Waals surface area (Å²) in [6.45, 7) is 5.77. The number of hydrogen-bond acceptors (Lipinski definition) is 4. The minimum atomic E-state index is -3.46. The lowest BCUT2D eigenvalue weighted by molar-refractivity contribution is 0.412. The van der Waals surface area contributed by atoms with Crippen molar-refractivity contribution in [1.29, 1.82) is 0 Å². The molecule has 1 heterocycles. The van der Waals surface area contributed by atoms with Crippen molar-refractivity contribution in [2.45, 2.75) is 38.0 Å². The lowest BCUT2D eigenvalue weighted by Crippen LogP contribution is -2.33. The first kappa shape index (κ1) is 15.3. The summed E-state index contributed by atoms with van der Waals surface area (Å²) in [7, 11) is -3.46. The molecule has 0 aliphatic heterocycles. The molecular formula is C14H23N3O2S. The summed E-state index contributed by atoms with van der Waals surface area (Å²) in [5, 5.41) is 3.10. The smallest absolute Gasteiger partial charge is 0.246 e. The zero-order valence-electron chi connectivity index (χ0n) is 12.2. The molecule has 2 rings (SSSR count). The van der Waals surface area contributed by atoms with Crippen molar-refractivity contribution in [3.63, 3.8) is 0 Å². The van der Waals surface area contributed by atoms with Gasteiger partial charge in [-0.05, 0) is 37.3 Å². The second kappa shape index (κ2) is 6.54. The maximum atomic E-state index is 12.8. The molecule has 1 saturated carbocycles. The maximum absolute atomic E-state index is 12.8. The SMILES string of the molecule is CCCNc1ncccc1S(=O)(=O)N(CC)CC1CC1. The fourth-order valence-corrected chi connectivity index (χ4v) is 3.74. The van der Waals surface area contributed by atoms with Gasteiger partial charge >= 0.3 is 0 Å². The number of rotatable bonds is 8. The van der Waals surface area contributed by atoms with Gasteiger partial charge in [0.2, 0.25) is 10.0 Å². The molecule has 0 amide bonds. The van der Waals surface area contributed by atoms with E-state index in [2.05, 4.69) is 10.3 Å². The predicted octanol–water partition coefficient (Wildman–Crippen LogP) is 2.32.